The predicted molar refractivity (Wildman–Crippen MR) is 198 cm³/mol. The van der Waals surface area contributed by atoms with E-state index in [0.717, 1.165) is 44.1 Å². The molecule has 5 nitrogen and oxygen atoms in total. The zero-order chi connectivity index (χ0) is 35.1. The van der Waals surface area contributed by atoms with Crippen molar-refractivity contribution in [3.63, 3.8) is 0 Å². The molecule has 0 bridgehead atoms. The minimum Gasteiger partial charge on any atom is -0.458 e. The maximum Gasteiger partial charge on any atom is 0.332 e. The van der Waals surface area contributed by atoms with Crippen molar-refractivity contribution in [3.8, 4) is 0 Å². The monoisotopic (exact) mass is 672 g/mol. The van der Waals surface area contributed by atoms with E-state index in [9.17, 15) is 4.79 Å². The molecule has 0 saturated heterocycles. The molecule has 262 valence electrons. The lowest BCUT2D eigenvalue weighted by molar-refractivity contribution is -0.161. The van der Waals surface area contributed by atoms with E-state index in [1.165, 1.54) is 16.7 Å². The van der Waals surface area contributed by atoms with Gasteiger partial charge in [0, 0.05) is 6.42 Å². The Kier molecular flexibility index (Phi) is 11.9. The summed E-state index contributed by atoms with van der Waals surface area (Å²) in [6, 6.07) is 0. The van der Waals surface area contributed by atoms with E-state index < -0.39 is 22.2 Å². The van der Waals surface area contributed by atoms with Gasteiger partial charge in [-0.1, -0.05) is 78.8 Å². The molecular weight excluding hydrogens is 605 g/mol. The molecule has 3 rings (SSSR count). The molecule has 0 aromatic carbocycles. The first-order chi connectivity index (χ1) is 20.8. The lowest BCUT2D eigenvalue weighted by Crippen LogP contribution is -2.49. The number of fused-ring (bicyclic) bond motifs is 1. The third-order valence-electron chi connectivity index (χ3n) is 11.7. The largest absolute Gasteiger partial charge is 0.458 e. The molecule has 0 spiro atoms. The van der Waals surface area contributed by atoms with Crippen LogP contribution in [0.25, 0.3) is 0 Å². The number of carbonyl (C=O) groups excluding carboxylic acids is 1. The van der Waals surface area contributed by atoms with Gasteiger partial charge in [0.2, 0.25) is 0 Å². The summed E-state index contributed by atoms with van der Waals surface area (Å²) >= 11 is 0. The zero-order valence-corrected chi connectivity index (χ0v) is 34.2. The molecule has 0 N–H and O–H groups in total. The van der Waals surface area contributed by atoms with Gasteiger partial charge in [0.05, 0.1) is 18.3 Å². The first kappa shape index (κ1) is 39.2. The Balaban J connectivity index is 1.85. The van der Waals surface area contributed by atoms with Crippen LogP contribution in [0.1, 0.15) is 115 Å². The Bertz CT molecular complexity index is 1220. The van der Waals surface area contributed by atoms with Gasteiger partial charge in [0.1, 0.15) is 12.2 Å². The Hall–Kier alpha value is -1.26. The Morgan fingerprint density at radius 2 is 1.59 bits per heavy atom. The number of carbonyl (C=O) groups is 1. The van der Waals surface area contributed by atoms with E-state index in [-0.39, 0.29) is 46.4 Å². The van der Waals surface area contributed by atoms with E-state index in [4.69, 9.17) is 18.3 Å². The van der Waals surface area contributed by atoms with Crippen molar-refractivity contribution in [2.24, 2.45) is 11.3 Å². The topological polar surface area (TPSA) is 54.0 Å². The smallest absolute Gasteiger partial charge is 0.332 e. The average molecular weight is 673 g/mol. The van der Waals surface area contributed by atoms with Crippen molar-refractivity contribution >= 4 is 22.6 Å². The lowest BCUT2D eigenvalue weighted by Gasteiger charge is -2.45. The highest BCUT2D eigenvalue weighted by molar-refractivity contribution is 6.74. The molecule has 7 heteroatoms. The SMILES string of the molecule is C=C1C(=CC=C2CCC[C@]3(C)C([C@@H](C)OCC(=O)OC(C)(C)C)=CC[C@@H]23)C[C@@H](O[Si](C)(C)C(C)(C)C)C[C@@H]1O[Si](C)(C)C(C)(C)C. The standard InChI is InChI=1S/C39H68O5Si2/c1-27-30(24-31(43-45(13,14)37(6,7)8)25-34(27)44-46(15,16)38(9,10)11)20-19-29-18-17-23-39(12)32(21-22-33(29)39)28(2)41-26-35(40)42-36(3,4)5/h19-21,28,31,33-34H,1,17-18,22-26H2,2-16H3/t28-,31-,33+,34+,39-/m1/s1. The quantitative estimate of drug-likeness (QED) is 0.139. The Labute approximate surface area is 284 Å². The third-order valence-corrected chi connectivity index (χ3v) is 20.7. The van der Waals surface area contributed by atoms with Crippen LogP contribution < -0.4 is 0 Å². The summed E-state index contributed by atoms with van der Waals surface area (Å²) in [4.78, 5) is 12.3. The van der Waals surface area contributed by atoms with Crippen molar-refractivity contribution in [1.82, 2.24) is 0 Å². The zero-order valence-electron chi connectivity index (χ0n) is 32.2. The third kappa shape index (κ3) is 9.25. The minimum absolute atomic E-state index is 0.0200. The second kappa shape index (κ2) is 13.9. The van der Waals surface area contributed by atoms with Crippen LogP contribution in [0, 0.1) is 11.3 Å². The van der Waals surface area contributed by atoms with Crippen LogP contribution in [0.2, 0.25) is 36.3 Å². The highest BCUT2D eigenvalue weighted by Crippen LogP contribution is 2.56. The van der Waals surface area contributed by atoms with Gasteiger partial charge in [-0.15, -0.1) is 0 Å². The van der Waals surface area contributed by atoms with Gasteiger partial charge in [-0.3, -0.25) is 0 Å². The van der Waals surface area contributed by atoms with Crippen LogP contribution in [0.3, 0.4) is 0 Å². The fourth-order valence-electron chi connectivity index (χ4n) is 6.90. The van der Waals surface area contributed by atoms with Crippen LogP contribution in [0.4, 0.5) is 0 Å². The number of ether oxygens (including phenoxy) is 2. The van der Waals surface area contributed by atoms with Crippen LogP contribution in [0.5, 0.6) is 0 Å². The van der Waals surface area contributed by atoms with Gasteiger partial charge in [0.15, 0.2) is 16.6 Å². The maximum atomic E-state index is 12.3. The van der Waals surface area contributed by atoms with Gasteiger partial charge in [-0.05, 0) is 124 Å². The van der Waals surface area contributed by atoms with Crippen molar-refractivity contribution in [2.75, 3.05) is 6.61 Å². The molecule has 5 atom stereocenters. The molecule has 0 unspecified atom stereocenters. The number of hydrogen-bond acceptors (Lipinski definition) is 5. The summed E-state index contributed by atoms with van der Waals surface area (Å²) in [5, 5.41) is 0.274. The van der Waals surface area contributed by atoms with E-state index in [0.29, 0.717) is 5.92 Å². The molecule has 0 heterocycles. The van der Waals surface area contributed by atoms with Gasteiger partial charge in [-0.25, -0.2) is 4.79 Å². The Morgan fingerprint density at radius 1 is 1.00 bits per heavy atom. The van der Waals surface area contributed by atoms with E-state index in [2.05, 4.69) is 106 Å². The van der Waals surface area contributed by atoms with Crippen LogP contribution in [-0.2, 0) is 23.1 Å². The second-order valence-corrected chi connectivity index (χ2v) is 28.0. The van der Waals surface area contributed by atoms with Crippen LogP contribution >= 0.6 is 0 Å². The van der Waals surface area contributed by atoms with E-state index in [1.54, 1.807) is 0 Å². The lowest BCUT2D eigenvalue weighted by atomic mass is 9.63. The molecule has 3 aliphatic rings. The second-order valence-electron chi connectivity index (χ2n) is 18.5. The van der Waals surface area contributed by atoms with Crippen LogP contribution in [-0.4, -0.2) is 53.1 Å². The molecule has 0 aliphatic heterocycles. The molecule has 0 aromatic heterocycles. The number of hydrogen-bond donors (Lipinski definition) is 0. The fraction of sp³-hybridized carbons (Fsp3) is 0.769. The number of esters is 1. The first-order valence-corrected chi connectivity index (χ1v) is 23.6. The summed E-state index contributed by atoms with van der Waals surface area (Å²) < 4.78 is 25.7. The molecule has 0 amide bonds. The number of allylic oxidation sites excluding steroid dienone is 4. The molecule has 0 radical (unpaired) electrons. The Morgan fingerprint density at radius 3 is 2.15 bits per heavy atom. The van der Waals surface area contributed by atoms with E-state index in [1.807, 2.05) is 20.8 Å². The summed E-state index contributed by atoms with van der Waals surface area (Å²) in [7, 11) is -3.97. The fourth-order valence-corrected chi connectivity index (χ4v) is 9.57. The highest BCUT2D eigenvalue weighted by Gasteiger charge is 2.47. The minimum atomic E-state index is -2.01. The summed E-state index contributed by atoms with van der Waals surface area (Å²) in [6.07, 6.45) is 13.3. The van der Waals surface area contributed by atoms with E-state index >= 15 is 0 Å². The molecule has 3 aliphatic carbocycles. The molecule has 2 fully saturated rings. The van der Waals surface area contributed by atoms with Crippen molar-refractivity contribution < 1.29 is 23.1 Å². The van der Waals surface area contributed by atoms with Crippen molar-refractivity contribution in [1.29, 1.82) is 0 Å². The van der Waals surface area contributed by atoms with Crippen molar-refractivity contribution in [2.45, 2.75) is 175 Å². The summed E-state index contributed by atoms with van der Waals surface area (Å²) in [5.41, 5.74) is 4.76. The molecular formula is C39H68O5Si2. The molecule has 2 saturated carbocycles. The summed E-state index contributed by atoms with van der Waals surface area (Å²) in [6.45, 7) is 38.0. The van der Waals surface area contributed by atoms with Gasteiger partial charge < -0.3 is 18.3 Å². The normalized spacial score (nSPS) is 29.2. The predicted octanol–water partition coefficient (Wildman–Crippen LogP) is 10.9. The van der Waals surface area contributed by atoms with Gasteiger partial charge in [-0.2, -0.15) is 0 Å². The number of rotatable bonds is 9. The highest BCUT2D eigenvalue weighted by atomic mass is 28.4. The molecule has 46 heavy (non-hydrogen) atoms. The summed E-state index contributed by atoms with van der Waals surface area (Å²) in [5.74, 6) is 0.131. The molecule has 0 aromatic rings. The average Bonchev–Trinajstić information content (AvgIpc) is 3.23. The maximum absolute atomic E-state index is 12.3. The van der Waals surface area contributed by atoms with Crippen molar-refractivity contribution in [3.05, 3.63) is 47.1 Å². The van der Waals surface area contributed by atoms with Gasteiger partial charge >= 0.3 is 5.97 Å². The first-order valence-electron chi connectivity index (χ1n) is 17.8. The van der Waals surface area contributed by atoms with Gasteiger partial charge in [0.25, 0.3) is 0 Å². The van der Waals surface area contributed by atoms with Crippen LogP contribution in [0.15, 0.2) is 47.1 Å².